The lowest BCUT2D eigenvalue weighted by atomic mass is 9.88. The van der Waals surface area contributed by atoms with Crippen LogP contribution in [0.15, 0.2) is 0 Å². The summed E-state index contributed by atoms with van der Waals surface area (Å²) in [6.07, 6.45) is 4.24. The highest BCUT2D eigenvalue weighted by molar-refractivity contribution is 5.98. The summed E-state index contributed by atoms with van der Waals surface area (Å²) in [5, 5.41) is 0. The van der Waals surface area contributed by atoms with Crippen molar-refractivity contribution < 1.29 is 14.3 Å². The molecule has 14 heavy (non-hydrogen) atoms. The number of hydrogen-bond donors (Lipinski definition) is 0. The Morgan fingerprint density at radius 1 is 1.36 bits per heavy atom. The molecule has 0 aromatic heterocycles. The van der Waals surface area contributed by atoms with Gasteiger partial charge in [-0.3, -0.25) is 9.59 Å². The SMILES string of the molecule is CCOC(=O)[C@H](C(C)=O)C1CCCC1. The quantitative estimate of drug-likeness (QED) is 0.512. The van der Waals surface area contributed by atoms with Crippen molar-refractivity contribution in [2.75, 3.05) is 6.61 Å². The summed E-state index contributed by atoms with van der Waals surface area (Å²) in [5.41, 5.74) is 0. The summed E-state index contributed by atoms with van der Waals surface area (Å²) in [6, 6.07) is 0. The van der Waals surface area contributed by atoms with Crippen molar-refractivity contribution in [1.82, 2.24) is 0 Å². The standard InChI is InChI=1S/C11H18O3/c1-3-14-11(13)10(8(2)12)9-6-4-5-7-9/h9-10H,3-7H2,1-2H3/t10-/m1/s1. The molecule has 0 bridgehead atoms. The van der Waals surface area contributed by atoms with Crippen molar-refractivity contribution in [3.8, 4) is 0 Å². The summed E-state index contributed by atoms with van der Waals surface area (Å²) < 4.78 is 4.92. The summed E-state index contributed by atoms with van der Waals surface area (Å²) >= 11 is 0. The third kappa shape index (κ3) is 2.56. The predicted molar refractivity (Wildman–Crippen MR) is 52.8 cm³/mol. The third-order valence-electron chi connectivity index (χ3n) is 2.85. The van der Waals surface area contributed by atoms with E-state index in [1.807, 2.05) is 0 Å². The van der Waals surface area contributed by atoms with Crippen LogP contribution in [0.2, 0.25) is 0 Å². The third-order valence-corrected chi connectivity index (χ3v) is 2.85. The van der Waals surface area contributed by atoms with E-state index in [0.717, 1.165) is 25.7 Å². The van der Waals surface area contributed by atoms with Gasteiger partial charge in [0.2, 0.25) is 0 Å². The fraction of sp³-hybridized carbons (Fsp3) is 0.818. The average molecular weight is 198 g/mol. The number of rotatable bonds is 4. The lowest BCUT2D eigenvalue weighted by molar-refractivity contribution is -0.153. The lowest BCUT2D eigenvalue weighted by Gasteiger charge is -2.18. The largest absolute Gasteiger partial charge is 0.465 e. The maximum atomic E-state index is 11.5. The van der Waals surface area contributed by atoms with Gasteiger partial charge in [-0.2, -0.15) is 0 Å². The Morgan fingerprint density at radius 3 is 2.36 bits per heavy atom. The van der Waals surface area contributed by atoms with Gasteiger partial charge in [-0.05, 0) is 32.6 Å². The molecule has 0 aromatic carbocycles. The van der Waals surface area contributed by atoms with Gasteiger partial charge in [0.05, 0.1) is 6.61 Å². The zero-order chi connectivity index (χ0) is 10.6. The van der Waals surface area contributed by atoms with Crippen LogP contribution in [0.1, 0.15) is 39.5 Å². The first kappa shape index (κ1) is 11.2. The molecular weight excluding hydrogens is 180 g/mol. The van der Waals surface area contributed by atoms with E-state index in [1.165, 1.54) is 6.92 Å². The second-order valence-electron chi connectivity index (χ2n) is 3.88. The Hall–Kier alpha value is -0.860. The number of ketones is 1. The Labute approximate surface area is 84.8 Å². The molecular formula is C11H18O3. The van der Waals surface area contributed by atoms with Crippen LogP contribution in [0.5, 0.6) is 0 Å². The molecule has 1 aliphatic carbocycles. The molecule has 0 aliphatic heterocycles. The van der Waals surface area contributed by atoms with E-state index < -0.39 is 5.92 Å². The van der Waals surface area contributed by atoms with E-state index in [9.17, 15) is 9.59 Å². The Kier molecular flexibility index (Phi) is 4.11. The molecule has 0 aromatic rings. The molecule has 1 atom stereocenters. The summed E-state index contributed by atoms with van der Waals surface area (Å²) in [5.74, 6) is -0.647. The van der Waals surface area contributed by atoms with Crippen LogP contribution >= 0.6 is 0 Å². The first-order chi connectivity index (χ1) is 6.66. The minimum atomic E-state index is -0.502. The highest BCUT2D eigenvalue weighted by Crippen LogP contribution is 2.32. The zero-order valence-electron chi connectivity index (χ0n) is 8.91. The molecule has 1 saturated carbocycles. The molecule has 0 heterocycles. The van der Waals surface area contributed by atoms with Crippen LogP contribution in [0, 0.1) is 11.8 Å². The second-order valence-corrected chi connectivity index (χ2v) is 3.88. The molecule has 0 saturated heterocycles. The van der Waals surface area contributed by atoms with E-state index in [4.69, 9.17) is 4.74 Å². The van der Waals surface area contributed by atoms with Crippen molar-refractivity contribution in [1.29, 1.82) is 0 Å². The lowest BCUT2D eigenvalue weighted by Crippen LogP contribution is -2.30. The minimum Gasteiger partial charge on any atom is -0.465 e. The molecule has 0 unspecified atom stereocenters. The van der Waals surface area contributed by atoms with Crippen LogP contribution in [0.4, 0.5) is 0 Å². The molecule has 1 aliphatic rings. The molecule has 0 amide bonds. The van der Waals surface area contributed by atoms with Gasteiger partial charge >= 0.3 is 5.97 Å². The van der Waals surface area contributed by atoms with E-state index in [1.54, 1.807) is 6.92 Å². The molecule has 3 heteroatoms. The zero-order valence-corrected chi connectivity index (χ0v) is 8.91. The summed E-state index contributed by atoms with van der Waals surface area (Å²) in [4.78, 5) is 22.9. The topological polar surface area (TPSA) is 43.4 Å². The first-order valence-corrected chi connectivity index (χ1v) is 5.34. The minimum absolute atomic E-state index is 0.0460. The molecule has 0 N–H and O–H groups in total. The van der Waals surface area contributed by atoms with Crippen LogP contribution in [-0.4, -0.2) is 18.4 Å². The normalized spacial score (nSPS) is 19.3. The number of carbonyl (C=O) groups excluding carboxylic acids is 2. The second kappa shape index (κ2) is 5.13. The van der Waals surface area contributed by atoms with Gasteiger partial charge < -0.3 is 4.74 Å². The van der Waals surface area contributed by atoms with E-state index >= 15 is 0 Å². The van der Waals surface area contributed by atoms with E-state index in [0.29, 0.717) is 6.61 Å². The summed E-state index contributed by atoms with van der Waals surface area (Å²) in [6.45, 7) is 3.61. The van der Waals surface area contributed by atoms with Crippen molar-refractivity contribution >= 4 is 11.8 Å². The molecule has 80 valence electrons. The Bertz CT molecular complexity index is 217. The van der Waals surface area contributed by atoms with Crippen LogP contribution in [0.3, 0.4) is 0 Å². The maximum absolute atomic E-state index is 11.5. The fourth-order valence-corrected chi connectivity index (χ4v) is 2.21. The van der Waals surface area contributed by atoms with Gasteiger partial charge in [0.15, 0.2) is 0 Å². The van der Waals surface area contributed by atoms with Crippen LogP contribution in [-0.2, 0) is 14.3 Å². The van der Waals surface area contributed by atoms with Crippen molar-refractivity contribution in [2.45, 2.75) is 39.5 Å². The van der Waals surface area contributed by atoms with Gasteiger partial charge in [0.1, 0.15) is 11.7 Å². The van der Waals surface area contributed by atoms with E-state index in [2.05, 4.69) is 0 Å². The molecule has 0 spiro atoms. The number of esters is 1. The monoisotopic (exact) mass is 198 g/mol. The molecule has 3 nitrogen and oxygen atoms in total. The van der Waals surface area contributed by atoms with Gasteiger partial charge in [0, 0.05) is 0 Å². The van der Waals surface area contributed by atoms with Crippen LogP contribution < -0.4 is 0 Å². The van der Waals surface area contributed by atoms with Gasteiger partial charge in [0.25, 0.3) is 0 Å². The number of Topliss-reactive ketones (excluding diaryl/α,β-unsaturated/α-hetero) is 1. The number of ether oxygens (including phenoxy) is 1. The van der Waals surface area contributed by atoms with E-state index in [-0.39, 0.29) is 17.7 Å². The fourth-order valence-electron chi connectivity index (χ4n) is 2.21. The van der Waals surface area contributed by atoms with Crippen LogP contribution in [0.25, 0.3) is 0 Å². The van der Waals surface area contributed by atoms with Gasteiger partial charge in [-0.1, -0.05) is 12.8 Å². The van der Waals surface area contributed by atoms with Crippen molar-refractivity contribution in [3.05, 3.63) is 0 Å². The smallest absolute Gasteiger partial charge is 0.316 e. The molecule has 0 radical (unpaired) electrons. The average Bonchev–Trinajstić information content (AvgIpc) is 2.57. The van der Waals surface area contributed by atoms with Crippen molar-refractivity contribution in [2.24, 2.45) is 11.8 Å². The molecule has 1 fully saturated rings. The molecule has 1 rings (SSSR count). The highest BCUT2D eigenvalue weighted by Gasteiger charge is 2.34. The first-order valence-electron chi connectivity index (χ1n) is 5.34. The Morgan fingerprint density at radius 2 is 1.93 bits per heavy atom. The highest BCUT2D eigenvalue weighted by atomic mass is 16.5. The number of carbonyl (C=O) groups is 2. The predicted octanol–water partition coefficient (Wildman–Crippen LogP) is 1.94. The summed E-state index contributed by atoms with van der Waals surface area (Å²) in [7, 11) is 0. The Balaban J connectivity index is 2.62. The van der Waals surface area contributed by atoms with Gasteiger partial charge in [-0.15, -0.1) is 0 Å². The number of hydrogen-bond acceptors (Lipinski definition) is 3. The van der Waals surface area contributed by atoms with Crippen molar-refractivity contribution in [3.63, 3.8) is 0 Å². The van der Waals surface area contributed by atoms with Gasteiger partial charge in [-0.25, -0.2) is 0 Å². The maximum Gasteiger partial charge on any atom is 0.316 e.